The van der Waals surface area contributed by atoms with Crippen molar-refractivity contribution in [2.24, 2.45) is 5.92 Å². The fraction of sp³-hybridized carbons (Fsp3) is 0.600. The minimum atomic E-state index is -3.33. The van der Waals surface area contributed by atoms with E-state index in [1.54, 1.807) is 12.1 Å². The first kappa shape index (κ1) is 15.3. The maximum absolute atomic E-state index is 11.6. The van der Waals surface area contributed by atoms with Crippen molar-refractivity contribution in [2.45, 2.75) is 43.4 Å². The molecule has 4 nitrogen and oxygen atoms in total. The summed E-state index contributed by atoms with van der Waals surface area (Å²) in [6.07, 6.45) is 8.08. The third kappa shape index (κ3) is 4.21. The Hall–Kier alpha value is -1.07. The lowest BCUT2D eigenvalue weighted by Crippen LogP contribution is -2.18. The number of rotatable bonds is 6. The van der Waals surface area contributed by atoms with Gasteiger partial charge < -0.3 is 5.32 Å². The molecule has 2 rings (SSSR count). The van der Waals surface area contributed by atoms with Crippen molar-refractivity contribution in [1.29, 1.82) is 0 Å². The zero-order valence-corrected chi connectivity index (χ0v) is 12.9. The van der Waals surface area contributed by atoms with Gasteiger partial charge in [-0.2, -0.15) is 0 Å². The molecule has 0 spiro atoms. The average molecular weight is 296 g/mol. The molecule has 0 aliphatic heterocycles. The lowest BCUT2D eigenvalue weighted by atomic mass is 9.87. The van der Waals surface area contributed by atoms with Gasteiger partial charge >= 0.3 is 0 Å². The van der Waals surface area contributed by atoms with Crippen molar-refractivity contribution < 1.29 is 8.42 Å². The van der Waals surface area contributed by atoms with E-state index >= 15 is 0 Å². The highest BCUT2D eigenvalue weighted by Crippen LogP contribution is 2.26. The third-order valence-corrected chi connectivity index (χ3v) is 5.47. The smallest absolute Gasteiger partial charge is 0.240 e. The van der Waals surface area contributed by atoms with Gasteiger partial charge in [0.2, 0.25) is 10.0 Å². The first-order chi connectivity index (χ1) is 9.62. The maximum atomic E-state index is 11.6. The number of anilines is 1. The molecule has 112 valence electrons. The second kappa shape index (κ2) is 7.09. The summed E-state index contributed by atoms with van der Waals surface area (Å²) in [5.74, 6) is 0.861. The Balaban J connectivity index is 1.82. The highest BCUT2D eigenvalue weighted by Gasteiger charge is 2.13. The Morgan fingerprint density at radius 3 is 2.35 bits per heavy atom. The van der Waals surface area contributed by atoms with Crippen LogP contribution in [0.4, 0.5) is 5.69 Å². The van der Waals surface area contributed by atoms with E-state index in [0.29, 0.717) is 4.90 Å². The summed E-state index contributed by atoms with van der Waals surface area (Å²) < 4.78 is 25.5. The predicted molar refractivity (Wildman–Crippen MR) is 82.4 cm³/mol. The third-order valence-electron chi connectivity index (χ3n) is 4.04. The van der Waals surface area contributed by atoms with Crippen molar-refractivity contribution in [1.82, 2.24) is 4.72 Å². The lowest BCUT2D eigenvalue weighted by molar-refractivity contribution is 0.345. The summed E-state index contributed by atoms with van der Waals surface area (Å²) in [4.78, 5) is 0.304. The van der Waals surface area contributed by atoms with E-state index in [-0.39, 0.29) is 0 Å². The second-order valence-electron chi connectivity index (χ2n) is 5.45. The second-order valence-corrected chi connectivity index (χ2v) is 7.34. The molecule has 20 heavy (non-hydrogen) atoms. The van der Waals surface area contributed by atoms with Crippen LogP contribution in [0, 0.1) is 5.92 Å². The van der Waals surface area contributed by atoms with E-state index in [2.05, 4.69) is 10.0 Å². The topological polar surface area (TPSA) is 58.2 Å². The van der Waals surface area contributed by atoms with Crippen LogP contribution in [-0.4, -0.2) is 22.0 Å². The molecule has 1 aromatic carbocycles. The average Bonchev–Trinajstić information content (AvgIpc) is 2.49. The van der Waals surface area contributed by atoms with E-state index < -0.39 is 10.0 Å². The van der Waals surface area contributed by atoms with Crippen LogP contribution in [0.5, 0.6) is 0 Å². The van der Waals surface area contributed by atoms with Gasteiger partial charge in [-0.05, 0) is 43.7 Å². The van der Waals surface area contributed by atoms with E-state index in [1.165, 1.54) is 45.6 Å². The first-order valence-corrected chi connectivity index (χ1v) is 8.87. The number of benzene rings is 1. The molecule has 0 radical (unpaired) electrons. The molecule has 0 atom stereocenters. The van der Waals surface area contributed by atoms with Gasteiger partial charge in [0.25, 0.3) is 0 Å². The fourth-order valence-corrected chi connectivity index (χ4v) is 3.50. The van der Waals surface area contributed by atoms with E-state index in [1.807, 2.05) is 12.1 Å². The van der Waals surface area contributed by atoms with Gasteiger partial charge in [0.05, 0.1) is 4.90 Å². The van der Waals surface area contributed by atoms with Crippen LogP contribution < -0.4 is 10.0 Å². The van der Waals surface area contributed by atoms with Gasteiger partial charge in [0, 0.05) is 12.2 Å². The molecule has 0 unspecified atom stereocenters. The Kier molecular flexibility index (Phi) is 5.43. The molecule has 0 saturated heterocycles. The quantitative estimate of drug-likeness (QED) is 0.848. The number of nitrogens with one attached hydrogen (secondary N) is 2. The normalized spacial score (nSPS) is 17.1. The van der Waals surface area contributed by atoms with Crippen LogP contribution in [0.1, 0.15) is 38.5 Å². The first-order valence-electron chi connectivity index (χ1n) is 7.39. The predicted octanol–water partition coefficient (Wildman–Crippen LogP) is 2.98. The summed E-state index contributed by atoms with van der Waals surface area (Å²) in [7, 11) is -1.91. The lowest BCUT2D eigenvalue weighted by Gasteiger charge is -2.21. The van der Waals surface area contributed by atoms with E-state index in [9.17, 15) is 8.42 Å². The van der Waals surface area contributed by atoms with Gasteiger partial charge in [-0.3, -0.25) is 0 Å². The molecule has 2 N–H and O–H groups in total. The van der Waals surface area contributed by atoms with E-state index in [4.69, 9.17) is 0 Å². The summed E-state index contributed by atoms with van der Waals surface area (Å²) in [6, 6.07) is 6.92. The molecule has 1 aliphatic rings. The van der Waals surface area contributed by atoms with Crippen LogP contribution in [0.15, 0.2) is 29.2 Å². The van der Waals surface area contributed by atoms with Gasteiger partial charge in [-0.1, -0.05) is 32.1 Å². The molecule has 0 amide bonds. The van der Waals surface area contributed by atoms with Crippen LogP contribution in [0.3, 0.4) is 0 Å². The SMILES string of the molecule is CNS(=O)(=O)c1ccc(NCCC2CCCCC2)cc1. The molecule has 1 fully saturated rings. The Morgan fingerprint density at radius 1 is 1.10 bits per heavy atom. The Labute approximate surface area is 122 Å². The van der Waals surface area contributed by atoms with Gasteiger partial charge in [-0.15, -0.1) is 0 Å². The van der Waals surface area contributed by atoms with Crippen LogP contribution in [0.2, 0.25) is 0 Å². The van der Waals surface area contributed by atoms with Crippen molar-refractivity contribution in [3.8, 4) is 0 Å². The number of sulfonamides is 1. The molecule has 1 aliphatic carbocycles. The van der Waals surface area contributed by atoms with E-state index in [0.717, 1.165) is 18.2 Å². The minimum absolute atomic E-state index is 0.304. The van der Waals surface area contributed by atoms with Crippen molar-refractivity contribution >= 4 is 15.7 Å². The number of hydrogen-bond acceptors (Lipinski definition) is 3. The highest BCUT2D eigenvalue weighted by atomic mass is 32.2. The Bertz CT molecular complexity index is 505. The standard InChI is InChI=1S/C15H24N2O2S/c1-16-20(18,19)15-9-7-14(8-10-15)17-12-11-13-5-3-2-4-6-13/h7-10,13,16-17H,2-6,11-12H2,1H3. The molecule has 1 saturated carbocycles. The fourth-order valence-electron chi connectivity index (χ4n) is 2.77. The number of hydrogen-bond donors (Lipinski definition) is 2. The zero-order valence-electron chi connectivity index (χ0n) is 12.1. The van der Waals surface area contributed by atoms with Crippen molar-refractivity contribution in [2.75, 3.05) is 18.9 Å². The molecule has 0 aromatic heterocycles. The van der Waals surface area contributed by atoms with Gasteiger partial charge in [0.1, 0.15) is 0 Å². The molecule has 5 heteroatoms. The van der Waals surface area contributed by atoms with Crippen LogP contribution >= 0.6 is 0 Å². The Morgan fingerprint density at radius 2 is 1.75 bits per heavy atom. The molecule has 0 bridgehead atoms. The molecular formula is C15H24N2O2S. The zero-order chi connectivity index (χ0) is 14.4. The molecular weight excluding hydrogens is 272 g/mol. The monoisotopic (exact) mass is 296 g/mol. The van der Waals surface area contributed by atoms with Crippen LogP contribution in [-0.2, 0) is 10.0 Å². The summed E-state index contributed by atoms with van der Waals surface area (Å²) in [5.41, 5.74) is 0.982. The minimum Gasteiger partial charge on any atom is -0.385 e. The summed E-state index contributed by atoms with van der Waals surface area (Å²) >= 11 is 0. The highest BCUT2D eigenvalue weighted by molar-refractivity contribution is 7.89. The van der Waals surface area contributed by atoms with Gasteiger partial charge in [-0.25, -0.2) is 13.1 Å². The molecule has 1 aromatic rings. The van der Waals surface area contributed by atoms with Gasteiger partial charge in [0.15, 0.2) is 0 Å². The summed E-state index contributed by atoms with van der Waals surface area (Å²) in [5, 5.41) is 3.37. The van der Waals surface area contributed by atoms with Crippen molar-refractivity contribution in [3.63, 3.8) is 0 Å². The largest absolute Gasteiger partial charge is 0.385 e. The maximum Gasteiger partial charge on any atom is 0.240 e. The summed E-state index contributed by atoms with van der Waals surface area (Å²) in [6.45, 7) is 0.961. The van der Waals surface area contributed by atoms with Crippen LogP contribution in [0.25, 0.3) is 0 Å². The van der Waals surface area contributed by atoms with Crippen molar-refractivity contribution in [3.05, 3.63) is 24.3 Å². The molecule has 0 heterocycles.